The topological polar surface area (TPSA) is 32.3 Å². The Kier molecular flexibility index (Phi) is 5.80. The largest absolute Gasteiger partial charge is 0.344 e. The van der Waals surface area contributed by atoms with Crippen LogP contribution < -0.4 is 5.32 Å². The first kappa shape index (κ1) is 13.5. The number of rotatable bonds is 6. The highest BCUT2D eigenvalue weighted by molar-refractivity contribution is 7.16. The molecule has 90 valence electrons. The van der Waals surface area contributed by atoms with Crippen molar-refractivity contribution in [3.63, 3.8) is 0 Å². The highest BCUT2D eigenvalue weighted by atomic mass is 35.5. The minimum absolute atomic E-state index is 0.129. The Morgan fingerprint density at radius 1 is 1.56 bits per heavy atom. The summed E-state index contributed by atoms with van der Waals surface area (Å²) >= 11 is 7.41. The van der Waals surface area contributed by atoms with Gasteiger partial charge in [0.25, 0.3) is 0 Å². The van der Waals surface area contributed by atoms with Crippen LogP contribution in [0.4, 0.5) is 0 Å². The molecule has 0 spiro atoms. The molecule has 0 aliphatic carbocycles. The molecule has 0 atom stereocenters. The van der Waals surface area contributed by atoms with Crippen LogP contribution in [0.2, 0.25) is 4.34 Å². The lowest BCUT2D eigenvalue weighted by atomic mass is 10.3. The van der Waals surface area contributed by atoms with Crippen LogP contribution in [0.15, 0.2) is 12.1 Å². The minimum atomic E-state index is 0.129. The number of carbonyl (C=O) groups is 1. The van der Waals surface area contributed by atoms with Gasteiger partial charge >= 0.3 is 0 Å². The lowest BCUT2D eigenvalue weighted by Gasteiger charge is -2.16. The van der Waals surface area contributed by atoms with E-state index in [0.29, 0.717) is 6.54 Å². The summed E-state index contributed by atoms with van der Waals surface area (Å²) in [5.74, 6) is 0.129. The lowest BCUT2D eigenvalue weighted by molar-refractivity contribution is -0.128. The molecule has 1 N–H and O–H groups in total. The van der Waals surface area contributed by atoms with Crippen LogP contribution in [0.5, 0.6) is 0 Å². The van der Waals surface area contributed by atoms with E-state index in [1.165, 1.54) is 4.88 Å². The third kappa shape index (κ3) is 4.51. The standard InChI is InChI=1S/C11H17ClN2OS/c1-3-13-8-11(15)14(2)7-6-9-4-5-10(12)16-9/h4-5,13H,3,6-8H2,1-2H3. The normalized spacial score (nSPS) is 10.4. The molecule has 0 bridgehead atoms. The Balaban J connectivity index is 2.29. The molecule has 0 unspecified atom stereocenters. The molecule has 0 radical (unpaired) electrons. The van der Waals surface area contributed by atoms with Crippen molar-refractivity contribution in [2.45, 2.75) is 13.3 Å². The van der Waals surface area contributed by atoms with E-state index in [1.807, 2.05) is 26.1 Å². The van der Waals surface area contributed by atoms with E-state index in [-0.39, 0.29) is 5.91 Å². The third-order valence-electron chi connectivity index (χ3n) is 2.27. The van der Waals surface area contributed by atoms with Gasteiger partial charge in [0.05, 0.1) is 10.9 Å². The third-order valence-corrected chi connectivity index (χ3v) is 3.57. The summed E-state index contributed by atoms with van der Waals surface area (Å²) in [5, 5.41) is 3.02. The number of halogens is 1. The van der Waals surface area contributed by atoms with Gasteiger partial charge in [-0.2, -0.15) is 0 Å². The fraction of sp³-hybridized carbons (Fsp3) is 0.545. The molecule has 5 heteroatoms. The van der Waals surface area contributed by atoms with Crippen LogP contribution in [-0.4, -0.2) is 37.5 Å². The molecule has 1 heterocycles. The number of hydrogen-bond acceptors (Lipinski definition) is 3. The first-order chi connectivity index (χ1) is 7.63. The Morgan fingerprint density at radius 2 is 2.31 bits per heavy atom. The van der Waals surface area contributed by atoms with E-state index in [9.17, 15) is 4.79 Å². The molecular weight excluding hydrogens is 244 g/mol. The van der Waals surface area contributed by atoms with Crippen LogP contribution in [0.3, 0.4) is 0 Å². The van der Waals surface area contributed by atoms with Gasteiger partial charge < -0.3 is 10.2 Å². The second kappa shape index (κ2) is 6.89. The van der Waals surface area contributed by atoms with Gasteiger partial charge in [-0.05, 0) is 25.1 Å². The number of hydrogen-bond donors (Lipinski definition) is 1. The van der Waals surface area contributed by atoms with E-state index < -0.39 is 0 Å². The van der Waals surface area contributed by atoms with Gasteiger partial charge in [-0.3, -0.25) is 4.79 Å². The summed E-state index contributed by atoms with van der Waals surface area (Å²) in [4.78, 5) is 14.5. The maximum atomic E-state index is 11.6. The summed E-state index contributed by atoms with van der Waals surface area (Å²) in [7, 11) is 1.83. The smallest absolute Gasteiger partial charge is 0.236 e. The quantitative estimate of drug-likeness (QED) is 0.849. The van der Waals surface area contributed by atoms with Crippen LogP contribution in [-0.2, 0) is 11.2 Å². The SMILES string of the molecule is CCNCC(=O)N(C)CCc1ccc(Cl)s1. The van der Waals surface area contributed by atoms with Gasteiger partial charge in [0.2, 0.25) is 5.91 Å². The molecule has 0 fully saturated rings. The number of amides is 1. The highest BCUT2D eigenvalue weighted by Gasteiger charge is 2.08. The van der Waals surface area contributed by atoms with Gasteiger partial charge in [0.1, 0.15) is 0 Å². The molecule has 0 aliphatic heterocycles. The van der Waals surface area contributed by atoms with Crippen molar-refractivity contribution in [1.29, 1.82) is 0 Å². The minimum Gasteiger partial charge on any atom is -0.344 e. The zero-order valence-corrected chi connectivity index (χ0v) is 11.2. The van der Waals surface area contributed by atoms with E-state index >= 15 is 0 Å². The average molecular weight is 261 g/mol. The van der Waals surface area contributed by atoms with E-state index in [0.717, 1.165) is 23.8 Å². The zero-order chi connectivity index (χ0) is 12.0. The average Bonchev–Trinajstić information content (AvgIpc) is 2.68. The van der Waals surface area contributed by atoms with Gasteiger partial charge in [0.15, 0.2) is 0 Å². The Morgan fingerprint density at radius 3 is 2.88 bits per heavy atom. The van der Waals surface area contributed by atoms with Crippen molar-refractivity contribution < 1.29 is 4.79 Å². The fourth-order valence-corrected chi connectivity index (χ4v) is 2.33. The van der Waals surface area contributed by atoms with Crippen LogP contribution in [0.25, 0.3) is 0 Å². The summed E-state index contributed by atoms with van der Waals surface area (Å²) in [6.07, 6.45) is 0.867. The predicted octanol–water partition coefficient (Wildman–Crippen LogP) is 2.01. The predicted molar refractivity (Wildman–Crippen MR) is 69.2 cm³/mol. The monoisotopic (exact) mass is 260 g/mol. The second-order valence-electron chi connectivity index (χ2n) is 3.55. The highest BCUT2D eigenvalue weighted by Crippen LogP contribution is 2.21. The van der Waals surface area contributed by atoms with Crippen molar-refractivity contribution in [3.05, 3.63) is 21.3 Å². The molecule has 0 aromatic carbocycles. The molecule has 0 saturated carbocycles. The number of carbonyl (C=O) groups excluding carboxylic acids is 1. The lowest BCUT2D eigenvalue weighted by Crippen LogP contribution is -2.36. The molecule has 1 rings (SSSR count). The van der Waals surface area contributed by atoms with Crippen molar-refractivity contribution in [3.8, 4) is 0 Å². The summed E-state index contributed by atoms with van der Waals surface area (Å²) in [6.45, 7) is 3.96. The van der Waals surface area contributed by atoms with Crippen LogP contribution in [0.1, 0.15) is 11.8 Å². The van der Waals surface area contributed by atoms with Gasteiger partial charge in [-0.1, -0.05) is 18.5 Å². The first-order valence-electron chi connectivity index (χ1n) is 5.32. The van der Waals surface area contributed by atoms with Crippen molar-refractivity contribution in [1.82, 2.24) is 10.2 Å². The molecule has 3 nitrogen and oxygen atoms in total. The molecule has 16 heavy (non-hydrogen) atoms. The Bertz CT molecular complexity index is 340. The number of nitrogens with one attached hydrogen (secondary N) is 1. The van der Waals surface area contributed by atoms with Gasteiger partial charge in [-0.25, -0.2) is 0 Å². The maximum absolute atomic E-state index is 11.6. The zero-order valence-electron chi connectivity index (χ0n) is 9.62. The maximum Gasteiger partial charge on any atom is 0.236 e. The molecule has 1 aromatic rings. The van der Waals surface area contributed by atoms with E-state index in [1.54, 1.807) is 16.2 Å². The number of likely N-dealkylation sites (N-methyl/N-ethyl adjacent to an activating group) is 2. The molecule has 0 aliphatic rings. The molecular formula is C11H17ClN2OS. The fourth-order valence-electron chi connectivity index (χ4n) is 1.26. The second-order valence-corrected chi connectivity index (χ2v) is 5.35. The summed E-state index contributed by atoms with van der Waals surface area (Å²) in [5.41, 5.74) is 0. The van der Waals surface area contributed by atoms with Gasteiger partial charge in [-0.15, -0.1) is 11.3 Å². The van der Waals surface area contributed by atoms with E-state index in [4.69, 9.17) is 11.6 Å². The van der Waals surface area contributed by atoms with Crippen molar-refractivity contribution in [2.75, 3.05) is 26.7 Å². The summed E-state index contributed by atoms with van der Waals surface area (Å²) in [6, 6.07) is 3.90. The number of thiophene rings is 1. The van der Waals surface area contributed by atoms with E-state index in [2.05, 4.69) is 5.32 Å². The van der Waals surface area contributed by atoms with Crippen molar-refractivity contribution in [2.24, 2.45) is 0 Å². The van der Waals surface area contributed by atoms with Crippen LogP contribution in [0, 0.1) is 0 Å². The first-order valence-corrected chi connectivity index (χ1v) is 6.51. The Hall–Kier alpha value is -0.580. The molecule has 1 aromatic heterocycles. The molecule has 0 saturated heterocycles. The summed E-state index contributed by atoms with van der Waals surface area (Å²) < 4.78 is 0.802. The number of nitrogens with zero attached hydrogens (tertiary/aromatic N) is 1. The molecule has 1 amide bonds. The van der Waals surface area contributed by atoms with Crippen molar-refractivity contribution >= 4 is 28.8 Å². The van der Waals surface area contributed by atoms with Gasteiger partial charge in [0, 0.05) is 18.5 Å². The Labute approximate surface area is 105 Å². The van der Waals surface area contributed by atoms with Crippen LogP contribution >= 0.6 is 22.9 Å².